The number of nitrogens with zero attached hydrogens (tertiary/aromatic N) is 5. The third kappa shape index (κ3) is 4.16. The Morgan fingerprint density at radius 1 is 0.357 bits per heavy atom. The lowest BCUT2D eigenvalue weighted by molar-refractivity contribution is 1.21. The summed E-state index contributed by atoms with van der Waals surface area (Å²) in [4.78, 5) is 24.6. The summed E-state index contributed by atoms with van der Waals surface area (Å²) in [5, 5.41) is 3.24. The number of rotatable bonds is 4. The number of hydrogen-bond donors (Lipinski definition) is 0. The molecule has 8 aromatic rings. The van der Waals surface area contributed by atoms with Crippen molar-refractivity contribution in [3.05, 3.63) is 140 Å². The third-order valence-corrected chi connectivity index (χ3v) is 7.52. The molecule has 0 atom stereocenters. The van der Waals surface area contributed by atoms with Crippen LogP contribution in [-0.2, 0) is 0 Å². The predicted octanol–water partition coefficient (Wildman–Crippen LogP) is 8.79. The molecule has 5 nitrogen and oxygen atoms in total. The van der Waals surface area contributed by atoms with Crippen molar-refractivity contribution in [1.29, 1.82) is 0 Å². The summed E-state index contributed by atoms with van der Waals surface area (Å²) in [6.07, 6.45) is 1.78. The maximum absolute atomic E-state index is 5.16. The van der Waals surface area contributed by atoms with Crippen molar-refractivity contribution >= 4 is 32.7 Å². The molecule has 0 amide bonds. The molecule has 0 bridgehead atoms. The molecule has 0 aliphatic heterocycles. The maximum atomic E-state index is 5.16. The SMILES string of the molecule is c1ccc(-c2c3ccccc3nc3c2ccc2ccc(-c4cccc(-c5cccc(-c6ccccn6)n5)n4)nc23)cc1. The fraction of sp³-hybridized carbons (Fsp3) is 0. The maximum Gasteiger partial charge on any atom is 0.0978 e. The van der Waals surface area contributed by atoms with Crippen molar-refractivity contribution in [2.45, 2.75) is 0 Å². The zero-order valence-corrected chi connectivity index (χ0v) is 22.5. The van der Waals surface area contributed by atoms with Crippen molar-refractivity contribution in [3.8, 4) is 45.3 Å². The molecule has 5 aromatic heterocycles. The largest absolute Gasteiger partial charge is 0.255 e. The van der Waals surface area contributed by atoms with E-state index in [1.807, 2.05) is 72.8 Å². The molecule has 0 unspecified atom stereocenters. The molecule has 0 saturated heterocycles. The van der Waals surface area contributed by atoms with Gasteiger partial charge in [0.15, 0.2) is 0 Å². The minimum absolute atomic E-state index is 0.778. The topological polar surface area (TPSA) is 64.5 Å². The fourth-order valence-corrected chi connectivity index (χ4v) is 5.55. The fourth-order valence-electron chi connectivity index (χ4n) is 5.55. The quantitative estimate of drug-likeness (QED) is 0.166. The van der Waals surface area contributed by atoms with Gasteiger partial charge in [0, 0.05) is 27.9 Å². The Hall–Kier alpha value is -5.81. The molecular weight excluding hydrogens is 514 g/mol. The molecule has 0 saturated carbocycles. The van der Waals surface area contributed by atoms with E-state index >= 15 is 0 Å². The van der Waals surface area contributed by atoms with Gasteiger partial charge in [-0.2, -0.15) is 0 Å². The molecule has 8 rings (SSSR count). The number of hydrogen-bond acceptors (Lipinski definition) is 5. The van der Waals surface area contributed by atoms with E-state index in [1.54, 1.807) is 6.20 Å². The van der Waals surface area contributed by atoms with Crippen LogP contribution in [0.15, 0.2) is 140 Å². The van der Waals surface area contributed by atoms with Crippen molar-refractivity contribution < 1.29 is 0 Å². The molecular formula is C37H23N5. The molecule has 0 N–H and O–H groups in total. The highest BCUT2D eigenvalue weighted by Crippen LogP contribution is 2.37. The smallest absolute Gasteiger partial charge is 0.0978 e. The zero-order chi connectivity index (χ0) is 27.9. The second-order valence-corrected chi connectivity index (χ2v) is 10.1. The molecule has 0 aliphatic carbocycles. The Bertz CT molecular complexity index is 2250. The highest BCUT2D eigenvalue weighted by molar-refractivity contribution is 6.16. The summed E-state index contributed by atoms with van der Waals surface area (Å²) in [5.74, 6) is 0. The van der Waals surface area contributed by atoms with Crippen LogP contribution in [0.4, 0.5) is 0 Å². The molecule has 0 radical (unpaired) electrons. The van der Waals surface area contributed by atoms with Crippen molar-refractivity contribution in [2.75, 3.05) is 0 Å². The minimum Gasteiger partial charge on any atom is -0.255 e. The van der Waals surface area contributed by atoms with E-state index in [0.29, 0.717) is 0 Å². The van der Waals surface area contributed by atoms with Crippen LogP contribution in [0.1, 0.15) is 0 Å². The van der Waals surface area contributed by atoms with E-state index < -0.39 is 0 Å². The minimum atomic E-state index is 0.778. The molecule has 42 heavy (non-hydrogen) atoms. The zero-order valence-electron chi connectivity index (χ0n) is 22.5. The van der Waals surface area contributed by atoms with E-state index in [0.717, 1.165) is 72.4 Å². The Morgan fingerprint density at radius 2 is 0.976 bits per heavy atom. The standard InChI is InChI=1S/C37H23N5/c1-2-10-24(11-3-1)35-26-12-4-5-13-28(26)41-37-27(35)21-19-25-20-22-34(42-36(25)37)33-18-9-17-32(40-33)31-16-8-15-30(39-31)29-14-6-7-23-38-29/h1-23H. The van der Waals surface area contributed by atoms with Gasteiger partial charge in [0.1, 0.15) is 0 Å². The van der Waals surface area contributed by atoms with E-state index in [4.69, 9.17) is 19.9 Å². The van der Waals surface area contributed by atoms with Gasteiger partial charge in [-0.15, -0.1) is 0 Å². The van der Waals surface area contributed by atoms with Gasteiger partial charge in [-0.3, -0.25) is 4.98 Å². The van der Waals surface area contributed by atoms with Crippen LogP contribution in [0, 0.1) is 0 Å². The van der Waals surface area contributed by atoms with E-state index in [2.05, 4.69) is 65.6 Å². The molecule has 3 aromatic carbocycles. The van der Waals surface area contributed by atoms with Gasteiger partial charge in [0.2, 0.25) is 0 Å². The Morgan fingerprint density at radius 3 is 1.71 bits per heavy atom. The van der Waals surface area contributed by atoms with Crippen LogP contribution in [0.25, 0.3) is 78.0 Å². The Kier molecular flexibility index (Phi) is 5.71. The van der Waals surface area contributed by atoms with Crippen LogP contribution in [0.2, 0.25) is 0 Å². The average Bonchev–Trinajstić information content (AvgIpc) is 3.08. The van der Waals surface area contributed by atoms with Gasteiger partial charge >= 0.3 is 0 Å². The molecule has 5 heteroatoms. The number of para-hydroxylation sites is 1. The summed E-state index contributed by atoms with van der Waals surface area (Å²) in [7, 11) is 0. The third-order valence-electron chi connectivity index (χ3n) is 7.52. The molecule has 0 fully saturated rings. The van der Waals surface area contributed by atoms with Gasteiger partial charge in [0.05, 0.1) is 50.7 Å². The van der Waals surface area contributed by atoms with Crippen molar-refractivity contribution in [2.24, 2.45) is 0 Å². The highest BCUT2D eigenvalue weighted by atomic mass is 14.8. The summed E-state index contributed by atoms with van der Waals surface area (Å²) in [5.41, 5.74) is 9.78. The molecule has 196 valence electrons. The van der Waals surface area contributed by atoms with Gasteiger partial charge < -0.3 is 0 Å². The molecule has 0 spiro atoms. The lowest BCUT2D eigenvalue weighted by atomic mass is 9.95. The van der Waals surface area contributed by atoms with Gasteiger partial charge in [-0.25, -0.2) is 19.9 Å². The lowest BCUT2D eigenvalue weighted by Gasteiger charge is -2.13. The highest BCUT2D eigenvalue weighted by Gasteiger charge is 2.15. The number of aromatic nitrogens is 5. The number of fused-ring (bicyclic) bond motifs is 4. The van der Waals surface area contributed by atoms with E-state index in [1.165, 1.54) is 5.56 Å². The second-order valence-electron chi connectivity index (χ2n) is 10.1. The lowest BCUT2D eigenvalue weighted by Crippen LogP contribution is -1.95. The summed E-state index contributed by atoms with van der Waals surface area (Å²) >= 11 is 0. The van der Waals surface area contributed by atoms with E-state index in [-0.39, 0.29) is 0 Å². The second kappa shape index (κ2) is 9.98. The average molecular weight is 538 g/mol. The first-order valence-electron chi connectivity index (χ1n) is 13.9. The van der Waals surface area contributed by atoms with E-state index in [9.17, 15) is 0 Å². The monoisotopic (exact) mass is 537 g/mol. The number of benzene rings is 3. The normalized spacial score (nSPS) is 11.3. The molecule has 0 aliphatic rings. The summed E-state index contributed by atoms with van der Waals surface area (Å²) < 4.78 is 0. The van der Waals surface area contributed by atoms with Crippen LogP contribution in [0.5, 0.6) is 0 Å². The van der Waals surface area contributed by atoms with Gasteiger partial charge in [0.25, 0.3) is 0 Å². The van der Waals surface area contributed by atoms with Crippen LogP contribution in [-0.4, -0.2) is 24.9 Å². The Labute approximate surface area is 242 Å². The first-order valence-corrected chi connectivity index (χ1v) is 13.9. The first-order chi connectivity index (χ1) is 20.8. The number of pyridine rings is 5. The van der Waals surface area contributed by atoms with Crippen LogP contribution < -0.4 is 0 Å². The Balaban J connectivity index is 1.29. The van der Waals surface area contributed by atoms with Gasteiger partial charge in [-0.05, 0) is 54.1 Å². The molecule has 5 heterocycles. The summed E-state index contributed by atoms with van der Waals surface area (Å²) in [6.45, 7) is 0. The predicted molar refractivity (Wildman–Crippen MR) is 170 cm³/mol. The van der Waals surface area contributed by atoms with Crippen molar-refractivity contribution in [1.82, 2.24) is 24.9 Å². The first kappa shape index (κ1) is 24.0. The van der Waals surface area contributed by atoms with Crippen LogP contribution >= 0.6 is 0 Å². The summed E-state index contributed by atoms with van der Waals surface area (Å²) in [6, 6.07) is 45.0. The van der Waals surface area contributed by atoms with Gasteiger partial charge in [-0.1, -0.05) is 84.9 Å². The van der Waals surface area contributed by atoms with Crippen LogP contribution in [0.3, 0.4) is 0 Å². The van der Waals surface area contributed by atoms with Crippen molar-refractivity contribution in [3.63, 3.8) is 0 Å².